The van der Waals surface area contributed by atoms with E-state index in [9.17, 15) is 4.39 Å². The topological polar surface area (TPSA) is 3.24 Å². The van der Waals surface area contributed by atoms with Crippen LogP contribution in [0.4, 0.5) is 4.39 Å². The summed E-state index contributed by atoms with van der Waals surface area (Å²) in [6, 6.07) is 0. The molecule has 0 fully saturated rings. The van der Waals surface area contributed by atoms with Crippen LogP contribution in [0.2, 0.25) is 0 Å². The molecule has 48 valence electrons. The molecule has 0 saturated carbocycles. The van der Waals surface area contributed by atoms with Gasteiger partial charge in [-0.3, -0.25) is 4.90 Å². The maximum Gasteiger partial charge on any atom is 0.156 e. The molecule has 0 aromatic carbocycles. The van der Waals surface area contributed by atoms with Crippen molar-refractivity contribution in [2.24, 2.45) is 0 Å². The second-order valence-electron chi connectivity index (χ2n) is 1.92. The quantitative estimate of drug-likeness (QED) is 0.399. The number of hydrogen-bond acceptors (Lipinski definition) is 1. The van der Waals surface area contributed by atoms with Gasteiger partial charge in [0.15, 0.2) is 6.30 Å². The first kappa shape index (κ1) is 7.63. The van der Waals surface area contributed by atoms with Gasteiger partial charge in [-0.1, -0.05) is 6.08 Å². The molecule has 0 saturated heterocycles. The Labute approximate surface area is 49.8 Å². The summed E-state index contributed by atoms with van der Waals surface area (Å²) in [4.78, 5) is 1.52. The summed E-state index contributed by atoms with van der Waals surface area (Å²) in [6.07, 6.45) is 1.12. The number of nitrogens with zero attached hydrogens (tertiary/aromatic N) is 1. The molecule has 0 bridgehead atoms. The van der Waals surface area contributed by atoms with E-state index in [0.717, 1.165) is 0 Å². The van der Waals surface area contributed by atoms with Crippen molar-refractivity contribution in [2.75, 3.05) is 14.1 Å². The molecule has 0 radical (unpaired) electrons. The first-order chi connectivity index (χ1) is 3.68. The molecule has 1 nitrogen and oxygen atoms in total. The second kappa shape index (κ2) is 3.61. The highest BCUT2D eigenvalue weighted by atomic mass is 19.1. The number of rotatable bonds is 3. The molecule has 0 aliphatic rings. The third-order valence-corrected chi connectivity index (χ3v) is 0.921. The lowest BCUT2D eigenvalue weighted by Gasteiger charge is -2.12. The van der Waals surface area contributed by atoms with E-state index in [1.165, 1.54) is 4.90 Å². The van der Waals surface area contributed by atoms with Crippen molar-refractivity contribution >= 4 is 0 Å². The van der Waals surface area contributed by atoms with E-state index < -0.39 is 6.30 Å². The van der Waals surface area contributed by atoms with E-state index in [2.05, 4.69) is 6.58 Å². The van der Waals surface area contributed by atoms with Gasteiger partial charge in [-0.25, -0.2) is 4.39 Å². The fraction of sp³-hybridized carbons (Fsp3) is 0.667. The smallest absolute Gasteiger partial charge is 0.156 e. The molecule has 0 aromatic heterocycles. The second-order valence-corrected chi connectivity index (χ2v) is 1.92. The predicted molar refractivity (Wildman–Crippen MR) is 33.4 cm³/mol. The molecule has 0 amide bonds. The van der Waals surface area contributed by atoms with E-state index >= 15 is 0 Å². The van der Waals surface area contributed by atoms with Crippen molar-refractivity contribution in [3.8, 4) is 0 Å². The van der Waals surface area contributed by atoms with Crippen LogP contribution in [0.15, 0.2) is 12.7 Å². The lowest BCUT2D eigenvalue weighted by molar-refractivity contribution is 0.141. The van der Waals surface area contributed by atoms with E-state index in [-0.39, 0.29) is 0 Å². The number of hydrogen-bond donors (Lipinski definition) is 0. The van der Waals surface area contributed by atoms with Crippen LogP contribution >= 0.6 is 0 Å². The minimum atomic E-state index is -0.868. The molecule has 0 rings (SSSR count). The average molecular weight is 117 g/mol. The monoisotopic (exact) mass is 117 g/mol. The zero-order valence-electron chi connectivity index (χ0n) is 5.39. The van der Waals surface area contributed by atoms with Gasteiger partial charge >= 0.3 is 0 Å². The Bertz CT molecular complexity index is 70.9. The lowest BCUT2D eigenvalue weighted by atomic mass is 10.4. The number of halogens is 1. The van der Waals surface area contributed by atoms with Gasteiger partial charge in [-0.2, -0.15) is 0 Å². The minimum Gasteiger partial charge on any atom is -0.280 e. The average Bonchev–Trinajstić information content (AvgIpc) is 1.67. The third-order valence-electron chi connectivity index (χ3n) is 0.921. The summed E-state index contributed by atoms with van der Waals surface area (Å²) < 4.78 is 12.4. The largest absolute Gasteiger partial charge is 0.280 e. The van der Waals surface area contributed by atoms with Crippen LogP contribution in [-0.4, -0.2) is 25.3 Å². The molecule has 0 heterocycles. The van der Waals surface area contributed by atoms with Crippen molar-refractivity contribution in [3.63, 3.8) is 0 Å². The van der Waals surface area contributed by atoms with Crippen molar-refractivity contribution in [1.29, 1.82) is 0 Å². The molecule has 0 aromatic rings. The van der Waals surface area contributed by atoms with Gasteiger partial charge in [0, 0.05) is 6.42 Å². The Morgan fingerprint density at radius 1 is 1.75 bits per heavy atom. The van der Waals surface area contributed by atoms with E-state index in [0.29, 0.717) is 6.42 Å². The summed E-state index contributed by atoms with van der Waals surface area (Å²) in [5.41, 5.74) is 0. The van der Waals surface area contributed by atoms with Crippen LogP contribution in [0.3, 0.4) is 0 Å². The van der Waals surface area contributed by atoms with E-state index in [1.807, 2.05) is 0 Å². The van der Waals surface area contributed by atoms with Gasteiger partial charge in [-0.15, -0.1) is 6.58 Å². The van der Waals surface area contributed by atoms with E-state index in [4.69, 9.17) is 0 Å². The van der Waals surface area contributed by atoms with Gasteiger partial charge in [0.2, 0.25) is 0 Å². The molecule has 0 aliphatic heterocycles. The van der Waals surface area contributed by atoms with E-state index in [1.54, 1.807) is 20.2 Å². The fourth-order valence-corrected chi connectivity index (χ4v) is 0.348. The van der Waals surface area contributed by atoms with Crippen LogP contribution in [0.5, 0.6) is 0 Å². The van der Waals surface area contributed by atoms with Crippen LogP contribution in [0, 0.1) is 0 Å². The molecular formula is C6H12FN. The van der Waals surface area contributed by atoms with Gasteiger partial charge in [0.1, 0.15) is 0 Å². The SMILES string of the molecule is C=CCC(F)N(C)C. The third kappa shape index (κ3) is 2.75. The van der Waals surface area contributed by atoms with Gasteiger partial charge in [-0.05, 0) is 14.1 Å². The Morgan fingerprint density at radius 3 is 2.38 bits per heavy atom. The van der Waals surface area contributed by atoms with Gasteiger partial charge in [0.25, 0.3) is 0 Å². The maximum atomic E-state index is 12.4. The summed E-state index contributed by atoms with van der Waals surface area (Å²) in [7, 11) is 3.41. The fourth-order valence-electron chi connectivity index (χ4n) is 0.348. The molecular weight excluding hydrogens is 105 g/mol. The first-order valence-corrected chi connectivity index (χ1v) is 2.60. The lowest BCUT2D eigenvalue weighted by Crippen LogP contribution is -2.22. The van der Waals surface area contributed by atoms with Crippen LogP contribution < -0.4 is 0 Å². The standard InChI is InChI=1S/C6H12FN/c1-4-5-6(7)8(2)3/h4,6H,1,5H2,2-3H3. The van der Waals surface area contributed by atoms with Gasteiger partial charge in [0.05, 0.1) is 0 Å². The molecule has 8 heavy (non-hydrogen) atoms. The highest BCUT2D eigenvalue weighted by molar-refractivity contribution is 4.70. The van der Waals surface area contributed by atoms with Crippen LogP contribution in [0.1, 0.15) is 6.42 Å². The molecule has 1 atom stereocenters. The maximum absolute atomic E-state index is 12.4. The molecule has 0 N–H and O–H groups in total. The Hall–Kier alpha value is -0.370. The molecule has 0 aliphatic carbocycles. The Balaban J connectivity index is 3.30. The van der Waals surface area contributed by atoms with Crippen molar-refractivity contribution in [2.45, 2.75) is 12.7 Å². The highest BCUT2D eigenvalue weighted by Gasteiger charge is 2.03. The number of alkyl halides is 1. The van der Waals surface area contributed by atoms with Crippen molar-refractivity contribution < 1.29 is 4.39 Å². The Morgan fingerprint density at radius 2 is 2.25 bits per heavy atom. The highest BCUT2D eigenvalue weighted by Crippen LogP contribution is 1.99. The normalized spacial score (nSPS) is 14.0. The summed E-state index contributed by atoms with van der Waals surface area (Å²) in [5.74, 6) is 0. The summed E-state index contributed by atoms with van der Waals surface area (Å²) >= 11 is 0. The zero-order valence-corrected chi connectivity index (χ0v) is 5.39. The van der Waals surface area contributed by atoms with Crippen molar-refractivity contribution in [1.82, 2.24) is 4.90 Å². The first-order valence-electron chi connectivity index (χ1n) is 2.60. The zero-order chi connectivity index (χ0) is 6.57. The Kier molecular flexibility index (Phi) is 3.44. The van der Waals surface area contributed by atoms with Gasteiger partial charge < -0.3 is 0 Å². The predicted octanol–water partition coefficient (Wildman–Crippen LogP) is 1.42. The van der Waals surface area contributed by atoms with Crippen LogP contribution in [-0.2, 0) is 0 Å². The molecule has 0 spiro atoms. The van der Waals surface area contributed by atoms with Crippen LogP contribution in [0.25, 0.3) is 0 Å². The molecule has 2 heteroatoms. The minimum absolute atomic E-state index is 0.410. The van der Waals surface area contributed by atoms with Crippen molar-refractivity contribution in [3.05, 3.63) is 12.7 Å². The summed E-state index contributed by atoms with van der Waals surface area (Å²) in [6.45, 7) is 3.42. The molecule has 1 unspecified atom stereocenters. The summed E-state index contributed by atoms with van der Waals surface area (Å²) in [5, 5.41) is 0.